The van der Waals surface area contributed by atoms with Crippen LogP contribution in [0.15, 0.2) is 22.7 Å². The van der Waals surface area contributed by atoms with Crippen molar-refractivity contribution in [1.29, 1.82) is 0 Å². The molecule has 0 unspecified atom stereocenters. The van der Waals surface area contributed by atoms with Crippen LogP contribution in [0.1, 0.15) is 24.7 Å². The van der Waals surface area contributed by atoms with Gasteiger partial charge in [0.15, 0.2) is 0 Å². The highest BCUT2D eigenvalue weighted by Gasteiger charge is 2.10. The molecule has 3 N–H and O–H groups in total. The van der Waals surface area contributed by atoms with E-state index in [1.807, 2.05) is 6.92 Å². The molecule has 0 aliphatic rings. The molecule has 0 radical (unpaired) electrons. The lowest BCUT2D eigenvalue weighted by atomic mass is 10.2. The van der Waals surface area contributed by atoms with Crippen molar-refractivity contribution in [1.82, 2.24) is 9.97 Å². The maximum absolute atomic E-state index is 13.3. The number of nitrogens with one attached hydrogen (secondary N) is 1. The van der Waals surface area contributed by atoms with Crippen LogP contribution >= 0.6 is 15.9 Å². The number of anilines is 3. The van der Waals surface area contributed by atoms with Crippen LogP contribution in [0.2, 0.25) is 0 Å². The monoisotopic (exact) mass is 338 g/mol. The fraction of sp³-hybridized carbons (Fsp3) is 0.286. The molecule has 1 aromatic heterocycles. The zero-order chi connectivity index (χ0) is 14.7. The zero-order valence-corrected chi connectivity index (χ0v) is 13.0. The summed E-state index contributed by atoms with van der Waals surface area (Å²) in [5, 5.41) is 3.10. The minimum atomic E-state index is -0.316. The molecule has 2 rings (SSSR count). The highest BCUT2D eigenvalue weighted by molar-refractivity contribution is 9.10. The van der Waals surface area contributed by atoms with E-state index in [-0.39, 0.29) is 5.82 Å². The molecule has 0 aliphatic carbocycles. The van der Waals surface area contributed by atoms with Gasteiger partial charge in [0, 0.05) is 16.5 Å². The number of nitrogens with two attached hydrogens (primary N) is 1. The number of nitrogen functional groups attached to an aromatic ring is 1. The van der Waals surface area contributed by atoms with Crippen LogP contribution in [-0.4, -0.2) is 9.97 Å². The fourth-order valence-corrected chi connectivity index (χ4v) is 2.11. The molecule has 6 heteroatoms. The van der Waals surface area contributed by atoms with Gasteiger partial charge in [-0.25, -0.2) is 14.4 Å². The minimum absolute atomic E-state index is 0.316. The maximum Gasteiger partial charge on any atom is 0.139 e. The van der Waals surface area contributed by atoms with Gasteiger partial charge in [-0.3, -0.25) is 0 Å². The summed E-state index contributed by atoms with van der Waals surface area (Å²) in [6, 6.07) is 4.44. The van der Waals surface area contributed by atoms with Crippen LogP contribution in [0, 0.1) is 12.7 Å². The smallest absolute Gasteiger partial charge is 0.139 e. The Balaban J connectivity index is 2.39. The van der Waals surface area contributed by atoms with E-state index in [0.717, 1.165) is 22.9 Å². The van der Waals surface area contributed by atoms with E-state index in [2.05, 4.69) is 38.1 Å². The average Bonchev–Trinajstić information content (AvgIpc) is 2.40. The second-order valence-electron chi connectivity index (χ2n) is 4.50. The molecule has 20 heavy (non-hydrogen) atoms. The summed E-state index contributed by atoms with van der Waals surface area (Å²) in [5.74, 6) is 1.42. The van der Waals surface area contributed by atoms with Crippen LogP contribution in [0.3, 0.4) is 0 Å². The largest absolute Gasteiger partial charge is 0.383 e. The number of nitrogens with zero attached hydrogens (tertiary/aromatic N) is 2. The molecule has 0 fully saturated rings. The maximum atomic E-state index is 13.3. The standard InChI is InChI=1S/C14H16BrFN4/c1-3-4-12-19-13(17)8(2)14(20-12)18-11-7-9(16)5-6-10(11)15/h5-7H,3-4H2,1-2H3,(H3,17,18,19,20). The zero-order valence-electron chi connectivity index (χ0n) is 11.4. The number of hydrogen-bond acceptors (Lipinski definition) is 4. The molecule has 0 aliphatic heterocycles. The molecule has 0 saturated carbocycles. The van der Waals surface area contributed by atoms with Crippen molar-refractivity contribution in [3.05, 3.63) is 39.9 Å². The van der Waals surface area contributed by atoms with Gasteiger partial charge in [-0.05, 0) is 47.5 Å². The van der Waals surface area contributed by atoms with Gasteiger partial charge in [-0.15, -0.1) is 0 Å². The summed E-state index contributed by atoms with van der Waals surface area (Å²) in [6.45, 7) is 3.89. The fourth-order valence-electron chi connectivity index (χ4n) is 1.76. The molecule has 0 spiro atoms. The van der Waals surface area contributed by atoms with E-state index in [4.69, 9.17) is 5.73 Å². The molecule has 0 saturated heterocycles. The minimum Gasteiger partial charge on any atom is -0.383 e. The Hall–Kier alpha value is -1.69. The molecule has 106 valence electrons. The number of aryl methyl sites for hydroxylation is 1. The van der Waals surface area contributed by atoms with Gasteiger partial charge in [0.25, 0.3) is 0 Å². The van der Waals surface area contributed by atoms with Crippen molar-refractivity contribution in [3.63, 3.8) is 0 Å². The van der Waals surface area contributed by atoms with E-state index < -0.39 is 0 Å². The summed E-state index contributed by atoms with van der Waals surface area (Å²) in [5.41, 5.74) is 7.25. The number of halogens is 2. The summed E-state index contributed by atoms with van der Waals surface area (Å²) in [6.07, 6.45) is 1.69. The first-order chi connectivity index (χ1) is 9.51. The van der Waals surface area contributed by atoms with E-state index >= 15 is 0 Å². The van der Waals surface area contributed by atoms with E-state index in [1.165, 1.54) is 12.1 Å². The molecule has 0 amide bonds. The van der Waals surface area contributed by atoms with Gasteiger partial charge in [-0.2, -0.15) is 0 Å². The molecule has 1 aromatic carbocycles. The van der Waals surface area contributed by atoms with Crippen molar-refractivity contribution in [2.75, 3.05) is 11.1 Å². The Kier molecular flexibility index (Phi) is 4.54. The molecule has 1 heterocycles. The lowest BCUT2D eigenvalue weighted by molar-refractivity contribution is 0.628. The Morgan fingerprint density at radius 2 is 2.10 bits per heavy atom. The summed E-state index contributed by atoms with van der Waals surface area (Å²) in [4.78, 5) is 8.69. The molecule has 4 nitrogen and oxygen atoms in total. The Labute approximate surface area is 125 Å². The van der Waals surface area contributed by atoms with Crippen molar-refractivity contribution < 1.29 is 4.39 Å². The van der Waals surface area contributed by atoms with E-state index in [1.54, 1.807) is 6.07 Å². The highest BCUT2D eigenvalue weighted by atomic mass is 79.9. The van der Waals surface area contributed by atoms with Gasteiger partial charge in [0.05, 0.1) is 5.69 Å². The van der Waals surface area contributed by atoms with E-state index in [9.17, 15) is 4.39 Å². The number of aromatic nitrogens is 2. The molecular weight excluding hydrogens is 323 g/mol. The second-order valence-corrected chi connectivity index (χ2v) is 5.35. The summed E-state index contributed by atoms with van der Waals surface area (Å²) < 4.78 is 14.1. The Bertz CT molecular complexity index is 631. The van der Waals surface area contributed by atoms with Crippen LogP contribution in [0.4, 0.5) is 21.7 Å². The molecule has 0 atom stereocenters. The van der Waals surface area contributed by atoms with Crippen molar-refractivity contribution in [2.24, 2.45) is 0 Å². The molecular formula is C14H16BrFN4. The molecule has 2 aromatic rings. The first-order valence-corrected chi connectivity index (χ1v) is 7.15. The van der Waals surface area contributed by atoms with Gasteiger partial charge in [0.2, 0.25) is 0 Å². The van der Waals surface area contributed by atoms with Gasteiger partial charge in [-0.1, -0.05) is 6.92 Å². The SMILES string of the molecule is CCCc1nc(N)c(C)c(Nc2cc(F)ccc2Br)n1. The number of benzene rings is 1. The lowest BCUT2D eigenvalue weighted by Gasteiger charge is -2.13. The highest BCUT2D eigenvalue weighted by Crippen LogP contribution is 2.28. The van der Waals surface area contributed by atoms with Crippen LogP contribution in [0.5, 0.6) is 0 Å². The first kappa shape index (κ1) is 14.7. The number of rotatable bonds is 4. The Morgan fingerprint density at radius 3 is 2.80 bits per heavy atom. The van der Waals surface area contributed by atoms with Crippen LogP contribution < -0.4 is 11.1 Å². The summed E-state index contributed by atoms with van der Waals surface area (Å²) >= 11 is 3.38. The second kappa shape index (κ2) is 6.17. The van der Waals surface area contributed by atoms with Gasteiger partial charge < -0.3 is 11.1 Å². The summed E-state index contributed by atoms with van der Waals surface area (Å²) in [7, 11) is 0. The predicted octanol–water partition coefficient (Wildman–Crippen LogP) is 3.96. The van der Waals surface area contributed by atoms with Crippen LogP contribution in [0.25, 0.3) is 0 Å². The topological polar surface area (TPSA) is 63.8 Å². The third-order valence-electron chi connectivity index (χ3n) is 2.88. The van der Waals surface area contributed by atoms with Crippen molar-refractivity contribution in [2.45, 2.75) is 26.7 Å². The van der Waals surface area contributed by atoms with Crippen LogP contribution in [-0.2, 0) is 6.42 Å². The van der Waals surface area contributed by atoms with Gasteiger partial charge in [0.1, 0.15) is 23.3 Å². The normalized spacial score (nSPS) is 10.6. The predicted molar refractivity (Wildman–Crippen MR) is 82.6 cm³/mol. The Morgan fingerprint density at radius 1 is 1.35 bits per heavy atom. The third-order valence-corrected chi connectivity index (χ3v) is 3.58. The third kappa shape index (κ3) is 3.25. The number of hydrogen-bond donors (Lipinski definition) is 2. The molecule has 0 bridgehead atoms. The lowest BCUT2D eigenvalue weighted by Crippen LogP contribution is -2.07. The van der Waals surface area contributed by atoms with Crippen molar-refractivity contribution in [3.8, 4) is 0 Å². The van der Waals surface area contributed by atoms with Crippen molar-refractivity contribution >= 4 is 33.3 Å². The van der Waals surface area contributed by atoms with E-state index in [0.29, 0.717) is 23.1 Å². The first-order valence-electron chi connectivity index (χ1n) is 6.36. The average molecular weight is 339 g/mol. The quantitative estimate of drug-likeness (QED) is 0.885. The van der Waals surface area contributed by atoms with Gasteiger partial charge >= 0.3 is 0 Å².